The normalized spacial score (nSPS) is 20.5. The van der Waals surface area contributed by atoms with Crippen molar-refractivity contribution in [3.05, 3.63) is 56.9 Å². The minimum absolute atomic E-state index is 0.102. The van der Waals surface area contributed by atoms with E-state index in [1.807, 2.05) is 0 Å². The Hall–Kier alpha value is -1.36. The molecular weight excluding hydrogens is 317 g/mol. The Morgan fingerprint density at radius 3 is 2.60 bits per heavy atom. The van der Waals surface area contributed by atoms with E-state index in [-0.39, 0.29) is 17.1 Å². The van der Waals surface area contributed by atoms with Gasteiger partial charge in [-0.05, 0) is 24.3 Å². The maximum Gasteiger partial charge on any atom is 0.200 e. The fraction of sp³-hybridized carbons (Fsp3) is 0.0714. The summed E-state index contributed by atoms with van der Waals surface area (Å²) in [5.41, 5.74) is 0.920. The van der Waals surface area contributed by atoms with E-state index in [9.17, 15) is 9.59 Å². The SMILES string of the molecule is O=C1C=CC2=NC(C(=O)c3c(Cl)cccc3Cl)SC2=C1. The first-order valence-electron chi connectivity index (χ1n) is 5.73. The molecule has 3 nitrogen and oxygen atoms in total. The topological polar surface area (TPSA) is 46.5 Å². The number of hydrogen-bond acceptors (Lipinski definition) is 4. The van der Waals surface area contributed by atoms with Crippen molar-refractivity contribution in [1.82, 2.24) is 0 Å². The van der Waals surface area contributed by atoms with Gasteiger partial charge in [0.15, 0.2) is 11.2 Å². The Kier molecular flexibility index (Phi) is 3.54. The molecule has 1 aromatic rings. The molecule has 0 saturated heterocycles. The average molecular weight is 324 g/mol. The molecule has 1 aromatic carbocycles. The van der Waals surface area contributed by atoms with E-state index in [0.29, 0.717) is 20.7 Å². The van der Waals surface area contributed by atoms with Crippen LogP contribution in [0, 0.1) is 0 Å². The highest BCUT2D eigenvalue weighted by molar-refractivity contribution is 8.05. The van der Waals surface area contributed by atoms with Crippen LogP contribution in [-0.2, 0) is 4.79 Å². The van der Waals surface area contributed by atoms with Crippen LogP contribution in [0.3, 0.4) is 0 Å². The van der Waals surface area contributed by atoms with Gasteiger partial charge >= 0.3 is 0 Å². The summed E-state index contributed by atoms with van der Waals surface area (Å²) in [6.45, 7) is 0. The van der Waals surface area contributed by atoms with Gasteiger partial charge in [-0.3, -0.25) is 14.6 Å². The molecule has 0 amide bonds. The molecule has 1 unspecified atom stereocenters. The van der Waals surface area contributed by atoms with Crippen molar-refractivity contribution in [3.8, 4) is 0 Å². The first-order valence-corrected chi connectivity index (χ1v) is 7.36. The van der Waals surface area contributed by atoms with Crippen molar-refractivity contribution < 1.29 is 9.59 Å². The predicted octanol–water partition coefficient (Wildman–Crippen LogP) is 3.71. The third kappa shape index (κ3) is 2.35. The molecule has 20 heavy (non-hydrogen) atoms. The summed E-state index contributed by atoms with van der Waals surface area (Å²) < 4.78 is 0. The number of Topliss-reactive ketones (excluding diaryl/α,β-unsaturated/α-hetero) is 1. The predicted molar refractivity (Wildman–Crippen MR) is 81.8 cm³/mol. The Morgan fingerprint density at radius 1 is 1.20 bits per heavy atom. The fourth-order valence-corrected chi connectivity index (χ4v) is 3.58. The van der Waals surface area contributed by atoms with Crippen LogP contribution in [0.25, 0.3) is 0 Å². The summed E-state index contributed by atoms with van der Waals surface area (Å²) in [6.07, 6.45) is 4.52. The van der Waals surface area contributed by atoms with E-state index in [0.717, 1.165) is 0 Å². The van der Waals surface area contributed by atoms with E-state index < -0.39 is 5.37 Å². The first kappa shape index (κ1) is 13.6. The number of fused-ring (bicyclic) bond motifs is 1. The van der Waals surface area contributed by atoms with Gasteiger partial charge in [0.05, 0.1) is 21.3 Å². The van der Waals surface area contributed by atoms with Crippen LogP contribution in [0.5, 0.6) is 0 Å². The zero-order chi connectivity index (χ0) is 14.3. The van der Waals surface area contributed by atoms with Gasteiger partial charge in [0.25, 0.3) is 0 Å². The molecule has 0 fully saturated rings. The first-order chi connectivity index (χ1) is 9.56. The molecule has 1 atom stereocenters. The molecule has 1 aliphatic heterocycles. The highest BCUT2D eigenvalue weighted by Crippen LogP contribution is 2.37. The zero-order valence-corrected chi connectivity index (χ0v) is 12.3. The number of rotatable bonds is 2. The van der Waals surface area contributed by atoms with Crippen LogP contribution >= 0.6 is 35.0 Å². The lowest BCUT2D eigenvalue weighted by molar-refractivity contribution is -0.110. The lowest BCUT2D eigenvalue weighted by atomic mass is 10.1. The van der Waals surface area contributed by atoms with Gasteiger partial charge in [-0.15, -0.1) is 0 Å². The Morgan fingerprint density at radius 2 is 1.90 bits per heavy atom. The van der Waals surface area contributed by atoms with Gasteiger partial charge in [0.1, 0.15) is 0 Å². The summed E-state index contributed by atoms with van der Waals surface area (Å²) in [5.74, 6) is -0.357. The lowest BCUT2D eigenvalue weighted by Gasteiger charge is -2.08. The van der Waals surface area contributed by atoms with Gasteiger partial charge < -0.3 is 0 Å². The number of nitrogens with zero attached hydrogens (tertiary/aromatic N) is 1. The third-order valence-electron chi connectivity index (χ3n) is 2.86. The summed E-state index contributed by atoms with van der Waals surface area (Å²) in [6, 6.07) is 4.91. The van der Waals surface area contributed by atoms with Crippen LogP contribution in [0.1, 0.15) is 10.4 Å². The van der Waals surface area contributed by atoms with E-state index in [1.165, 1.54) is 23.9 Å². The largest absolute Gasteiger partial charge is 0.291 e. The maximum atomic E-state index is 12.5. The second kappa shape index (κ2) is 5.20. The molecule has 3 rings (SSSR count). The quantitative estimate of drug-likeness (QED) is 0.615. The van der Waals surface area contributed by atoms with Gasteiger partial charge in [-0.1, -0.05) is 41.0 Å². The number of hydrogen-bond donors (Lipinski definition) is 0. The van der Waals surface area contributed by atoms with Crippen LogP contribution < -0.4 is 0 Å². The van der Waals surface area contributed by atoms with Crippen molar-refractivity contribution in [2.75, 3.05) is 0 Å². The number of allylic oxidation sites excluding steroid dienone is 4. The summed E-state index contributed by atoms with van der Waals surface area (Å²) in [7, 11) is 0. The third-order valence-corrected chi connectivity index (χ3v) is 4.61. The van der Waals surface area contributed by atoms with Crippen LogP contribution in [-0.4, -0.2) is 22.7 Å². The highest BCUT2D eigenvalue weighted by atomic mass is 35.5. The Bertz CT molecular complexity index is 702. The fourth-order valence-electron chi connectivity index (χ4n) is 1.94. The van der Waals surface area contributed by atoms with Crippen molar-refractivity contribution in [1.29, 1.82) is 0 Å². The molecule has 0 spiro atoms. The number of carbonyl (C=O) groups is 2. The van der Waals surface area contributed by atoms with Crippen molar-refractivity contribution in [2.24, 2.45) is 4.99 Å². The molecule has 0 saturated carbocycles. The highest BCUT2D eigenvalue weighted by Gasteiger charge is 2.32. The van der Waals surface area contributed by atoms with E-state index >= 15 is 0 Å². The molecular formula is C14H7Cl2NO2S. The molecule has 100 valence electrons. The zero-order valence-electron chi connectivity index (χ0n) is 9.97. The molecule has 0 aromatic heterocycles. The number of thioether (sulfide) groups is 1. The lowest BCUT2D eigenvalue weighted by Crippen LogP contribution is -2.14. The number of ketones is 2. The van der Waals surface area contributed by atoms with Gasteiger partial charge in [-0.25, -0.2) is 0 Å². The number of benzene rings is 1. The summed E-state index contributed by atoms with van der Waals surface area (Å²) in [5, 5.41) is -0.0401. The van der Waals surface area contributed by atoms with Crippen molar-refractivity contribution in [3.63, 3.8) is 0 Å². The number of carbonyl (C=O) groups excluding carboxylic acids is 2. The summed E-state index contributed by atoms with van der Waals surface area (Å²) >= 11 is 13.3. The minimum Gasteiger partial charge on any atom is -0.291 e. The summed E-state index contributed by atoms with van der Waals surface area (Å²) in [4.78, 5) is 28.8. The van der Waals surface area contributed by atoms with Gasteiger partial charge in [-0.2, -0.15) is 0 Å². The van der Waals surface area contributed by atoms with E-state index in [4.69, 9.17) is 23.2 Å². The Labute approximate surface area is 129 Å². The molecule has 0 N–H and O–H groups in total. The monoisotopic (exact) mass is 323 g/mol. The van der Waals surface area contributed by atoms with Crippen LogP contribution in [0.4, 0.5) is 0 Å². The second-order valence-electron chi connectivity index (χ2n) is 4.19. The molecule has 0 bridgehead atoms. The number of halogens is 2. The van der Waals surface area contributed by atoms with Crippen LogP contribution in [0.2, 0.25) is 10.0 Å². The van der Waals surface area contributed by atoms with Gasteiger partial charge in [0, 0.05) is 11.0 Å². The van der Waals surface area contributed by atoms with Crippen molar-refractivity contribution >= 4 is 52.2 Å². The molecule has 6 heteroatoms. The van der Waals surface area contributed by atoms with E-state index in [1.54, 1.807) is 24.3 Å². The Balaban J connectivity index is 1.95. The molecule has 2 aliphatic rings. The van der Waals surface area contributed by atoms with Crippen LogP contribution in [0.15, 0.2) is 46.3 Å². The standard InChI is InChI=1S/C14H7Cl2NO2S/c15-8-2-1-3-9(16)12(8)13(19)14-17-10-5-4-7(18)6-11(10)20-14/h1-6,14H. The van der Waals surface area contributed by atoms with Crippen molar-refractivity contribution in [2.45, 2.75) is 5.37 Å². The number of aliphatic imine (C=N–C) groups is 1. The second-order valence-corrected chi connectivity index (χ2v) is 6.13. The molecule has 1 aliphatic carbocycles. The minimum atomic E-state index is -0.649. The van der Waals surface area contributed by atoms with Gasteiger partial charge in [0.2, 0.25) is 5.78 Å². The maximum absolute atomic E-state index is 12.5. The smallest absolute Gasteiger partial charge is 0.200 e. The average Bonchev–Trinajstić information content (AvgIpc) is 2.81. The van der Waals surface area contributed by atoms with E-state index in [2.05, 4.69) is 4.99 Å². The molecule has 1 heterocycles. The molecule has 0 radical (unpaired) electrons.